The van der Waals surface area contributed by atoms with Crippen LogP contribution in [0.15, 0.2) is 0 Å². The number of likely N-dealkylation sites (tertiary alicyclic amines) is 1. The van der Waals surface area contributed by atoms with Gasteiger partial charge < -0.3 is 9.80 Å². The number of nitrogens with one attached hydrogen (secondary N) is 1. The zero-order chi connectivity index (χ0) is 18.9. The number of urea groups is 1. The maximum atomic E-state index is 12.2. The maximum absolute atomic E-state index is 12.2. The van der Waals surface area contributed by atoms with E-state index >= 15 is 0 Å². The number of nitrogens with zero attached hydrogens (tertiary/aromatic N) is 3. The second kappa shape index (κ2) is 9.03. The molecule has 2 atom stereocenters. The van der Waals surface area contributed by atoms with Crippen LogP contribution >= 0.6 is 0 Å². The Hall–Kier alpha value is -0.960. The summed E-state index contributed by atoms with van der Waals surface area (Å²) in [6.07, 6.45) is 1.96. The average Bonchev–Trinajstić information content (AvgIpc) is 3.08. The quantitative estimate of drug-likeness (QED) is 0.216. The molecule has 0 aromatic carbocycles. The van der Waals surface area contributed by atoms with Crippen molar-refractivity contribution in [2.75, 3.05) is 26.2 Å². The van der Waals surface area contributed by atoms with Crippen molar-refractivity contribution < 1.29 is 36.5 Å². The predicted octanol–water partition coefficient (Wildman–Crippen LogP) is -1.72. The van der Waals surface area contributed by atoms with Crippen LogP contribution in [0.1, 0.15) is 25.7 Å². The van der Waals surface area contributed by atoms with Crippen LogP contribution in [0.4, 0.5) is 4.79 Å². The van der Waals surface area contributed by atoms with Gasteiger partial charge in [0.2, 0.25) is 5.91 Å². The molecule has 3 aliphatic heterocycles. The van der Waals surface area contributed by atoms with E-state index in [9.17, 15) is 22.8 Å². The Morgan fingerprint density at radius 3 is 2.67 bits per heavy atom. The first-order valence-electron chi connectivity index (χ1n) is 8.22. The van der Waals surface area contributed by atoms with Gasteiger partial charge in [0, 0.05) is 55.6 Å². The normalized spacial score (nSPS) is 25.0. The van der Waals surface area contributed by atoms with Crippen molar-refractivity contribution in [3.8, 4) is 0 Å². The van der Waals surface area contributed by atoms with E-state index in [1.165, 1.54) is 4.90 Å². The fraction of sp³-hybridized carbons (Fsp3) is 0.769. The van der Waals surface area contributed by atoms with Gasteiger partial charge >= 0.3 is 16.4 Å². The second-order valence-corrected chi connectivity index (χ2v) is 7.31. The molecular formula is C13H20N4NaO8S. The largest absolute Gasteiger partial charge is 0.418 e. The Labute approximate surface area is 178 Å². The van der Waals surface area contributed by atoms with Gasteiger partial charge in [-0.15, -0.1) is 4.28 Å². The first kappa shape index (κ1) is 22.3. The molecule has 12 nitrogen and oxygen atoms in total. The molecule has 4 amide bonds. The van der Waals surface area contributed by atoms with Crippen molar-refractivity contribution in [1.29, 1.82) is 0 Å². The Morgan fingerprint density at radius 2 is 2.04 bits per heavy atom. The maximum Gasteiger partial charge on any atom is 0.418 e. The van der Waals surface area contributed by atoms with E-state index < -0.39 is 34.4 Å². The zero-order valence-electron chi connectivity index (χ0n) is 14.9. The standard InChI is InChI=1S/C13H20N4O8S.Na/c18-11-2-1-5-15(11)6-7-24-14-12(19)10-4-3-9-8-16(10)13(20)17(9)25-26(21,22)23;/h9-10H,1-8H2,(H,14,19)(H,21,22,23);/t9-,10+;/m1./s1. The van der Waals surface area contributed by atoms with Crippen LogP contribution in [-0.4, -0.2) is 114 Å². The van der Waals surface area contributed by atoms with E-state index in [2.05, 4.69) is 9.76 Å². The summed E-state index contributed by atoms with van der Waals surface area (Å²) < 4.78 is 34.7. The zero-order valence-corrected chi connectivity index (χ0v) is 17.7. The van der Waals surface area contributed by atoms with E-state index in [1.807, 2.05) is 0 Å². The van der Waals surface area contributed by atoms with Crippen molar-refractivity contribution >= 4 is 57.8 Å². The van der Waals surface area contributed by atoms with Crippen LogP contribution in [0.5, 0.6) is 0 Å². The third-order valence-corrected chi connectivity index (χ3v) is 4.96. The number of hydrogen-bond acceptors (Lipinski definition) is 7. The molecule has 0 aliphatic carbocycles. The van der Waals surface area contributed by atoms with Crippen molar-refractivity contribution in [1.82, 2.24) is 20.3 Å². The van der Waals surface area contributed by atoms with Crippen LogP contribution in [0.3, 0.4) is 0 Å². The first-order valence-corrected chi connectivity index (χ1v) is 9.59. The molecule has 0 spiro atoms. The molecule has 3 aliphatic rings. The minimum absolute atomic E-state index is 0. The third-order valence-electron chi connectivity index (χ3n) is 4.61. The number of carbonyl (C=O) groups excluding carboxylic acids is 3. The summed E-state index contributed by atoms with van der Waals surface area (Å²) >= 11 is 0. The number of amides is 4. The molecule has 3 heterocycles. The number of hydrogen-bond donors (Lipinski definition) is 2. The number of rotatable bonds is 7. The number of piperidine rings is 1. The van der Waals surface area contributed by atoms with Gasteiger partial charge in [0.05, 0.1) is 12.6 Å². The van der Waals surface area contributed by atoms with Crippen molar-refractivity contribution in [3.05, 3.63) is 0 Å². The molecule has 0 unspecified atom stereocenters. The number of hydroxylamine groups is 3. The van der Waals surface area contributed by atoms with Gasteiger partial charge in [0.15, 0.2) is 0 Å². The topological polar surface area (TPSA) is 146 Å². The van der Waals surface area contributed by atoms with Gasteiger partial charge in [0.1, 0.15) is 6.04 Å². The van der Waals surface area contributed by atoms with Gasteiger partial charge in [-0.25, -0.2) is 10.3 Å². The fourth-order valence-electron chi connectivity index (χ4n) is 3.39. The van der Waals surface area contributed by atoms with Gasteiger partial charge in [-0.05, 0) is 19.3 Å². The summed E-state index contributed by atoms with van der Waals surface area (Å²) in [5, 5.41) is 0.572. The Morgan fingerprint density at radius 1 is 1.30 bits per heavy atom. The molecule has 2 N–H and O–H groups in total. The van der Waals surface area contributed by atoms with Gasteiger partial charge in [0.25, 0.3) is 5.91 Å². The molecule has 0 aromatic heterocycles. The summed E-state index contributed by atoms with van der Waals surface area (Å²) in [4.78, 5) is 43.8. The molecule has 1 radical (unpaired) electrons. The summed E-state index contributed by atoms with van der Waals surface area (Å²) in [6, 6.07) is -2.20. The molecule has 147 valence electrons. The summed E-state index contributed by atoms with van der Waals surface area (Å²) in [5.74, 6) is -0.488. The van der Waals surface area contributed by atoms with Crippen molar-refractivity contribution in [3.63, 3.8) is 0 Å². The van der Waals surface area contributed by atoms with Crippen molar-refractivity contribution in [2.45, 2.75) is 37.8 Å². The number of carbonyl (C=O) groups is 3. The molecule has 3 saturated heterocycles. The molecule has 27 heavy (non-hydrogen) atoms. The number of fused-ring (bicyclic) bond motifs is 2. The van der Waals surface area contributed by atoms with E-state index in [-0.39, 0.29) is 48.6 Å². The molecule has 0 aromatic rings. The molecule has 2 bridgehead atoms. The molecule has 0 saturated carbocycles. The van der Waals surface area contributed by atoms with E-state index in [1.54, 1.807) is 4.90 Å². The smallest absolute Gasteiger partial charge is 0.340 e. The minimum Gasteiger partial charge on any atom is -0.340 e. The molecule has 14 heteroatoms. The van der Waals surface area contributed by atoms with Gasteiger partial charge in [-0.1, -0.05) is 0 Å². The Kier molecular flexibility index (Phi) is 7.47. The monoisotopic (exact) mass is 415 g/mol. The van der Waals surface area contributed by atoms with E-state index in [0.717, 1.165) is 6.42 Å². The fourth-order valence-corrected chi connectivity index (χ4v) is 3.78. The first-order chi connectivity index (χ1) is 12.3. The van der Waals surface area contributed by atoms with Gasteiger partial charge in [-0.3, -0.25) is 19.0 Å². The summed E-state index contributed by atoms with van der Waals surface area (Å²) in [5.41, 5.74) is 2.26. The van der Waals surface area contributed by atoms with Crippen molar-refractivity contribution in [2.24, 2.45) is 0 Å². The van der Waals surface area contributed by atoms with E-state index in [0.29, 0.717) is 37.4 Å². The minimum atomic E-state index is -4.83. The van der Waals surface area contributed by atoms with Crippen LogP contribution in [-0.2, 0) is 29.1 Å². The van der Waals surface area contributed by atoms with E-state index in [4.69, 9.17) is 9.39 Å². The van der Waals surface area contributed by atoms with Gasteiger partial charge in [-0.2, -0.15) is 13.5 Å². The summed E-state index contributed by atoms with van der Waals surface area (Å²) in [7, 11) is -4.83. The molecule has 3 fully saturated rings. The SMILES string of the molecule is O=C(NOCCN1CCCC1=O)[C@@H]1CC[C@@H]2CN1C(=O)N2OS(=O)(=O)O.[Na]. The summed E-state index contributed by atoms with van der Waals surface area (Å²) in [6.45, 7) is 1.27. The van der Waals surface area contributed by atoms with Crippen LogP contribution in [0.25, 0.3) is 0 Å². The molecule has 3 rings (SSSR count). The van der Waals surface area contributed by atoms with Crippen LogP contribution < -0.4 is 5.48 Å². The second-order valence-electron chi connectivity index (χ2n) is 6.31. The van der Waals surface area contributed by atoms with Crippen LogP contribution in [0.2, 0.25) is 0 Å². The Bertz CT molecular complexity index is 704. The average molecular weight is 415 g/mol. The third kappa shape index (κ3) is 5.31. The molecular weight excluding hydrogens is 395 g/mol. The Balaban J connectivity index is 0.00000261. The van der Waals surface area contributed by atoms with Crippen LogP contribution in [0, 0.1) is 0 Å². The predicted molar refractivity (Wildman–Crippen MR) is 89.0 cm³/mol.